The molecule has 2 aromatic rings. The van der Waals surface area contributed by atoms with Crippen LogP contribution in [0.5, 0.6) is 0 Å². The number of benzene rings is 1. The van der Waals surface area contributed by atoms with Gasteiger partial charge in [-0.2, -0.15) is 0 Å². The van der Waals surface area contributed by atoms with Gasteiger partial charge < -0.3 is 5.32 Å². The molecule has 0 unspecified atom stereocenters. The summed E-state index contributed by atoms with van der Waals surface area (Å²) in [5, 5.41) is 8.38. The first kappa shape index (κ1) is 16.1. The molecule has 20 heavy (non-hydrogen) atoms. The van der Waals surface area contributed by atoms with Crippen LogP contribution < -0.4 is 10.5 Å². The van der Waals surface area contributed by atoms with E-state index in [4.69, 9.17) is 5.14 Å². The second-order valence-corrected chi connectivity index (χ2v) is 9.00. The third-order valence-electron chi connectivity index (χ3n) is 2.55. The van der Waals surface area contributed by atoms with Gasteiger partial charge in [0.1, 0.15) is 0 Å². The minimum Gasteiger partial charge on any atom is -0.308 e. The molecule has 0 saturated heterocycles. The summed E-state index contributed by atoms with van der Waals surface area (Å²) in [6.45, 7) is 1.30. The number of hydrogen-bond donors (Lipinski definition) is 2. The molecule has 0 spiro atoms. The Morgan fingerprint density at radius 3 is 2.55 bits per heavy atom. The Labute approximate surface area is 138 Å². The standard InChI is InChI=1S/C12H12Br2N2O2S2/c13-11-5-9(19-12(11)14)7-16-6-8-2-1-3-10(4-8)20(15,17)18/h1-5,16H,6-7H2,(H2,15,17,18). The lowest BCUT2D eigenvalue weighted by molar-refractivity contribution is 0.597. The van der Waals surface area contributed by atoms with Crippen molar-refractivity contribution in [3.63, 3.8) is 0 Å². The largest absolute Gasteiger partial charge is 0.308 e. The van der Waals surface area contributed by atoms with Crippen LogP contribution in [0.1, 0.15) is 10.4 Å². The zero-order valence-electron chi connectivity index (χ0n) is 10.3. The molecular weight excluding hydrogens is 428 g/mol. The highest BCUT2D eigenvalue weighted by Gasteiger charge is 2.08. The predicted octanol–water partition coefficient (Wildman–Crippen LogP) is 3.21. The second kappa shape index (κ2) is 6.67. The van der Waals surface area contributed by atoms with Crippen molar-refractivity contribution < 1.29 is 8.42 Å². The van der Waals surface area contributed by atoms with E-state index in [0.717, 1.165) is 13.8 Å². The third kappa shape index (κ3) is 4.37. The highest BCUT2D eigenvalue weighted by Crippen LogP contribution is 2.32. The number of thiophene rings is 1. The molecule has 0 aliphatic carbocycles. The van der Waals surface area contributed by atoms with Crippen molar-refractivity contribution in [1.29, 1.82) is 0 Å². The Bertz CT molecular complexity index is 694. The normalized spacial score (nSPS) is 11.8. The summed E-state index contributed by atoms with van der Waals surface area (Å²) >= 11 is 8.54. The first-order valence-electron chi connectivity index (χ1n) is 5.62. The molecule has 1 aromatic carbocycles. The summed E-state index contributed by atoms with van der Waals surface area (Å²) in [5.41, 5.74) is 0.881. The van der Waals surface area contributed by atoms with E-state index in [1.807, 2.05) is 12.1 Å². The molecule has 4 nitrogen and oxygen atoms in total. The van der Waals surface area contributed by atoms with E-state index in [1.54, 1.807) is 23.5 Å². The molecule has 0 fully saturated rings. The third-order valence-corrected chi connectivity index (χ3v) is 6.72. The maximum absolute atomic E-state index is 11.3. The van der Waals surface area contributed by atoms with Gasteiger partial charge in [0.25, 0.3) is 0 Å². The van der Waals surface area contributed by atoms with Crippen molar-refractivity contribution in [3.05, 3.63) is 49.0 Å². The predicted molar refractivity (Wildman–Crippen MR) is 88.1 cm³/mol. The van der Waals surface area contributed by atoms with Crippen LogP contribution in [0.4, 0.5) is 0 Å². The molecule has 0 amide bonds. The Kier molecular flexibility index (Phi) is 5.38. The zero-order valence-corrected chi connectivity index (χ0v) is 15.1. The average molecular weight is 440 g/mol. The van der Waals surface area contributed by atoms with Gasteiger partial charge in [-0.15, -0.1) is 11.3 Å². The molecule has 0 bridgehead atoms. The van der Waals surface area contributed by atoms with Gasteiger partial charge in [0.05, 0.1) is 8.68 Å². The lowest BCUT2D eigenvalue weighted by atomic mass is 10.2. The number of nitrogens with one attached hydrogen (secondary N) is 1. The highest BCUT2D eigenvalue weighted by atomic mass is 79.9. The fraction of sp³-hybridized carbons (Fsp3) is 0.167. The van der Waals surface area contributed by atoms with E-state index in [0.29, 0.717) is 13.1 Å². The summed E-state index contributed by atoms with van der Waals surface area (Å²) in [6, 6.07) is 8.68. The minimum atomic E-state index is -3.64. The number of sulfonamides is 1. The molecular formula is C12H12Br2N2O2S2. The topological polar surface area (TPSA) is 72.2 Å². The van der Waals surface area contributed by atoms with Gasteiger partial charge in [0.2, 0.25) is 10.0 Å². The highest BCUT2D eigenvalue weighted by molar-refractivity contribution is 9.13. The number of halogens is 2. The molecule has 108 valence electrons. The van der Waals surface area contributed by atoms with Crippen LogP contribution in [0.15, 0.2) is 43.5 Å². The Morgan fingerprint density at radius 1 is 1.20 bits per heavy atom. The molecule has 3 N–H and O–H groups in total. The summed E-state index contributed by atoms with van der Waals surface area (Å²) in [5.74, 6) is 0. The first-order chi connectivity index (χ1) is 9.36. The van der Waals surface area contributed by atoms with Gasteiger partial charge in [0.15, 0.2) is 0 Å². The molecule has 0 radical (unpaired) electrons. The fourth-order valence-electron chi connectivity index (χ4n) is 1.64. The number of rotatable bonds is 5. The molecule has 0 atom stereocenters. The molecule has 2 rings (SSSR count). The fourth-order valence-corrected chi connectivity index (χ4v) is 4.37. The van der Waals surface area contributed by atoms with Crippen molar-refractivity contribution in [2.45, 2.75) is 18.0 Å². The average Bonchev–Trinajstić information content (AvgIpc) is 2.68. The van der Waals surface area contributed by atoms with Gasteiger partial charge in [-0.3, -0.25) is 0 Å². The Morgan fingerprint density at radius 2 is 1.95 bits per heavy atom. The van der Waals surface area contributed by atoms with Crippen LogP contribution in [0, 0.1) is 0 Å². The van der Waals surface area contributed by atoms with E-state index in [1.165, 1.54) is 10.9 Å². The summed E-state index contributed by atoms with van der Waals surface area (Å²) < 4.78 is 24.6. The van der Waals surface area contributed by atoms with Crippen molar-refractivity contribution in [2.75, 3.05) is 0 Å². The van der Waals surface area contributed by atoms with Crippen LogP contribution in [-0.2, 0) is 23.1 Å². The smallest absolute Gasteiger partial charge is 0.238 e. The number of primary sulfonamides is 1. The minimum absolute atomic E-state index is 0.137. The summed E-state index contributed by atoms with van der Waals surface area (Å²) in [4.78, 5) is 1.32. The lowest BCUT2D eigenvalue weighted by Gasteiger charge is -2.05. The quantitative estimate of drug-likeness (QED) is 0.751. The van der Waals surface area contributed by atoms with Crippen LogP contribution >= 0.6 is 43.2 Å². The maximum atomic E-state index is 11.3. The molecule has 0 aliphatic heterocycles. The number of nitrogens with two attached hydrogens (primary N) is 1. The summed E-state index contributed by atoms with van der Waals surface area (Å²) in [6.07, 6.45) is 0. The molecule has 0 saturated carbocycles. The van der Waals surface area contributed by atoms with Gasteiger partial charge >= 0.3 is 0 Å². The van der Waals surface area contributed by atoms with Crippen LogP contribution in [0.3, 0.4) is 0 Å². The van der Waals surface area contributed by atoms with Crippen molar-refractivity contribution >= 4 is 53.2 Å². The van der Waals surface area contributed by atoms with E-state index < -0.39 is 10.0 Å². The monoisotopic (exact) mass is 438 g/mol. The molecule has 0 aliphatic rings. The van der Waals surface area contributed by atoms with E-state index in [2.05, 4.69) is 37.2 Å². The summed E-state index contributed by atoms with van der Waals surface area (Å²) in [7, 11) is -3.64. The van der Waals surface area contributed by atoms with E-state index >= 15 is 0 Å². The SMILES string of the molecule is NS(=O)(=O)c1cccc(CNCc2cc(Br)c(Br)s2)c1. The van der Waals surface area contributed by atoms with Gasteiger partial charge in [0, 0.05) is 22.4 Å². The zero-order chi connectivity index (χ0) is 14.8. The van der Waals surface area contributed by atoms with Crippen molar-refractivity contribution in [1.82, 2.24) is 5.32 Å². The lowest BCUT2D eigenvalue weighted by Crippen LogP contribution is -2.14. The van der Waals surface area contributed by atoms with Crippen LogP contribution in [0.25, 0.3) is 0 Å². The van der Waals surface area contributed by atoms with Gasteiger partial charge in [-0.1, -0.05) is 12.1 Å². The van der Waals surface area contributed by atoms with Gasteiger partial charge in [-0.05, 0) is 55.6 Å². The van der Waals surface area contributed by atoms with Crippen LogP contribution in [0.2, 0.25) is 0 Å². The Balaban J connectivity index is 1.98. The molecule has 8 heteroatoms. The van der Waals surface area contributed by atoms with E-state index in [9.17, 15) is 8.42 Å². The van der Waals surface area contributed by atoms with Crippen molar-refractivity contribution in [2.24, 2.45) is 5.14 Å². The van der Waals surface area contributed by atoms with Gasteiger partial charge in [-0.25, -0.2) is 13.6 Å². The van der Waals surface area contributed by atoms with Crippen molar-refractivity contribution in [3.8, 4) is 0 Å². The number of hydrogen-bond acceptors (Lipinski definition) is 4. The molecule has 1 heterocycles. The first-order valence-corrected chi connectivity index (χ1v) is 9.57. The van der Waals surface area contributed by atoms with E-state index in [-0.39, 0.29) is 4.90 Å². The Hall–Kier alpha value is -0.250. The van der Waals surface area contributed by atoms with Crippen LogP contribution in [-0.4, -0.2) is 8.42 Å². The second-order valence-electron chi connectivity index (χ2n) is 4.13. The molecule has 1 aromatic heterocycles. The maximum Gasteiger partial charge on any atom is 0.238 e.